The van der Waals surface area contributed by atoms with Crippen molar-refractivity contribution in [2.75, 3.05) is 6.61 Å². The molecule has 2 rings (SSSR count). The van der Waals surface area contributed by atoms with E-state index in [9.17, 15) is 5.11 Å². The molecule has 1 aromatic heterocycles. The van der Waals surface area contributed by atoms with Crippen LogP contribution in [0.25, 0.3) is 0 Å². The second-order valence-corrected chi connectivity index (χ2v) is 6.02. The van der Waals surface area contributed by atoms with Crippen LogP contribution in [0, 0.1) is 0 Å². The van der Waals surface area contributed by atoms with E-state index in [0.29, 0.717) is 12.4 Å². The number of hydrogen-bond donors (Lipinski definition) is 2. The first-order valence-corrected chi connectivity index (χ1v) is 6.69. The first kappa shape index (κ1) is 12.4. The van der Waals surface area contributed by atoms with Crippen LogP contribution in [-0.4, -0.2) is 11.7 Å². The van der Waals surface area contributed by atoms with E-state index in [2.05, 4.69) is 15.9 Å². The number of aromatic hydroxyl groups is 1. The summed E-state index contributed by atoms with van der Waals surface area (Å²) in [5, 5.41) is 9.53. The highest BCUT2D eigenvalue weighted by Crippen LogP contribution is 2.28. The third-order valence-corrected chi connectivity index (χ3v) is 4.00. The van der Waals surface area contributed by atoms with Gasteiger partial charge in [0.1, 0.15) is 6.61 Å². The van der Waals surface area contributed by atoms with Gasteiger partial charge in [0, 0.05) is 4.88 Å². The number of phenols is 1. The van der Waals surface area contributed by atoms with Crippen LogP contribution >= 0.6 is 27.3 Å². The predicted octanol–water partition coefficient (Wildman–Crippen LogP) is 3.30. The van der Waals surface area contributed by atoms with Crippen molar-refractivity contribution in [1.82, 2.24) is 0 Å². The van der Waals surface area contributed by atoms with E-state index in [0.717, 1.165) is 8.66 Å². The third-order valence-electron chi connectivity index (χ3n) is 2.24. The molecule has 0 fully saturated rings. The summed E-state index contributed by atoms with van der Waals surface area (Å²) < 4.78 is 6.53. The number of para-hydroxylation sites is 2. The Kier molecular flexibility index (Phi) is 4.04. The molecular formula is C12H12BrNO2S. The van der Waals surface area contributed by atoms with Crippen molar-refractivity contribution >= 4 is 27.3 Å². The molecule has 0 radical (unpaired) electrons. The molecule has 0 aliphatic rings. The molecule has 0 saturated carbocycles. The lowest BCUT2D eigenvalue weighted by molar-refractivity contribution is 0.278. The van der Waals surface area contributed by atoms with Crippen molar-refractivity contribution in [3.8, 4) is 11.5 Å². The number of phenolic OH excluding ortho intramolecular Hbond substituents is 1. The van der Waals surface area contributed by atoms with Crippen LogP contribution in [-0.2, 0) is 0 Å². The summed E-state index contributed by atoms with van der Waals surface area (Å²) >= 11 is 4.97. The quantitative estimate of drug-likeness (QED) is 0.910. The lowest BCUT2D eigenvalue weighted by Crippen LogP contribution is -2.17. The van der Waals surface area contributed by atoms with Gasteiger partial charge >= 0.3 is 0 Å². The summed E-state index contributed by atoms with van der Waals surface area (Å²) in [6, 6.07) is 10.6. The zero-order valence-electron chi connectivity index (χ0n) is 8.97. The zero-order chi connectivity index (χ0) is 12.3. The number of thiophene rings is 1. The highest BCUT2D eigenvalue weighted by Gasteiger charge is 2.10. The van der Waals surface area contributed by atoms with Crippen molar-refractivity contribution in [1.29, 1.82) is 0 Å². The van der Waals surface area contributed by atoms with E-state index in [4.69, 9.17) is 10.5 Å². The zero-order valence-corrected chi connectivity index (χ0v) is 11.4. The smallest absolute Gasteiger partial charge is 0.161 e. The molecule has 3 nitrogen and oxygen atoms in total. The number of nitrogens with two attached hydrogens (primary N) is 1. The Morgan fingerprint density at radius 2 is 2.06 bits per heavy atom. The van der Waals surface area contributed by atoms with E-state index < -0.39 is 0 Å². The molecule has 2 aromatic rings. The Morgan fingerprint density at radius 3 is 2.71 bits per heavy atom. The third kappa shape index (κ3) is 3.21. The summed E-state index contributed by atoms with van der Waals surface area (Å²) in [5.41, 5.74) is 5.99. The predicted molar refractivity (Wildman–Crippen MR) is 72.5 cm³/mol. The molecule has 0 spiro atoms. The molecule has 0 aliphatic carbocycles. The van der Waals surface area contributed by atoms with E-state index in [-0.39, 0.29) is 11.8 Å². The molecular weight excluding hydrogens is 302 g/mol. The maximum Gasteiger partial charge on any atom is 0.161 e. The Balaban J connectivity index is 1.97. The van der Waals surface area contributed by atoms with Crippen molar-refractivity contribution in [3.05, 3.63) is 45.1 Å². The highest BCUT2D eigenvalue weighted by molar-refractivity contribution is 9.11. The van der Waals surface area contributed by atoms with Crippen LogP contribution in [0.2, 0.25) is 0 Å². The van der Waals surface area contributed by atoms with Crippen LogP contribution in [0.5, 0.6) is 11.5 Å². The van der Waals surface area contributed by atoms with Crippen molar-refractivity contribution in [2.24, 2.45) is 5.73 Å². The average molecular weight is 314 g/mol. The van der Waals surface area contributed by atoms with Crippen LogP contribution in [0.4, 0.5) is 0 Å². The molecule has 0 amide bonds. The summed E-state index contributed by atoms with van der Waals surface area (Å²) in [6.07, 6.45) is 0. The number of hydrogen-bond acceptors (Lipinski definition) is 4. The lowest BCUT2D eigenvalue weighted by atomic mass is 10.2. The maximum absolute atomic E-state index is 9.53. The number of ether oxygens (including phenoxy) is 1. The van der Waals surface area contributed by atoms with Gasteiger partial charge in [0.05, 0.1) is 9.83 Å². The Labute approximate surface area is 112 Å². The van der Waals surface area contributed by atoms with Crippen molar-refractivity contribution in [3.63, 3.8) is 0 Å². The minimum absolute atomic E-state index is 0.132. The first-order chi connectivity index (χ1) is 8.16. The van der Waals surface area contributed by atoms with E-state index in [1.54, 1.807) is 29.5 Å². The Morgan fingerprint density at radius 1 is 1.29 bits per heavy atom. The SMILES string of the molecule is NC(COc1ccccc1O)c1ccc(Br)s1. The number of halogens is 1. The van der Waals surface area contributed by atoms with Gasteiger partial charge in [0.15, 0.2) is 11.5 Å². The molecule has 1 atom stereocenters. The maximum atomic E-state index is 9.53. The van der Waals surface area contributed by atoms with Crippen LogP contribution < -0.4 is 10.5 Å². The molecule has 3 N–H and O–H groups in total. The van der Waals surface area contributed by atoms with Gasteiger partial charge in [-0.05, 0) is 40.2 Å². The molecule has 0 saturated heterocycles. The van der Waals surface area contributed by atoms with E-state index in [1.807, 2.05) is 18.2 Å². The molecule has 0 aliphatic heterocycles. The second-order valence-electron chi connectivity index (χ2n) is 3.53. The molecule has 0 bridgehead atoms. The second kappa shape index (κ2) is 5.53. The minimum Gasteiger partial charge on any atom is -0.504 e. The van der Waals surface area contributed by atoms with Gasteiger partial charge in [-0.2, -0.15) is 0 Å². The Bertz CT molecular complexity index is 501. The largest absolute Gasteiger partial charge is 0.504 e. The molecule has 5 heteroatoms. The summed E-state index contributed by atoms with van der Waals surface area (Å²) in [5.74, 6) is 0.589. The number of rotatable bonds is 4. The fraction of sp³-hybridized carbons (Fsp3) is 0.167. The lowest BCUT2D eigenvalue weighted by Gasteiger charge is -2.12. The van der Waals surface area contributed by atoms with Crippen LogP contribution in [0.1, 0.15) is 10.9 Å². The molecule has 1 heterocycles. The highest BCUT2D eigenvalue weighted by atomic mass is 79.9. The summed E-state index contributed by atoms with van der Waals surface area (Å²) in [4.78, 5) is 1.05. The fourth-order valence-corrected chi connectivity index (χ4v) is 2.78. The molecule has 17 heavy (non-hydrogen) atoms. The van der Waals surface area contributed by atoms with Crippen LogP contribution in [0.15, 0.2) is 40.2 Å². The van der Waals surface area contributed by atoms with E-state index >= 15 is 0 Å². The van der Waals surface area contributed by atoms with Gasteiger partial charge in [-0.15, -0.1) is 11.3 Å². The standard InChI is InChI=1S/C12H12BrNO2S/c13-12-6-5-11(17-12)8(14)7-16-10-4-2-1-3-9(10)15/h1-6,8,15H,7,14H2. The minimum atomic E-state index is -0.189. The average Bonchev–Trinajstić information content (AvgIpc) is 2.74. The van der Waals surface area contributed by atoms with Crippen molar-refractivity contribution < 1.29 is 9.84 Å². The van der Waals surface area contributed by atoms with Crippen LogP contribution in [0.3, 0.4) is 0 Å². The van der Waals surface area contributed by atoms with Gasteiger partial charge in [-0.25, -0.2) is 0 Å². The van der Waals surface area contributed by atoms with Gasteiger partial charge in [0.25, 0.3) is 0 Å². The number of benzene rings is 1. The first-order valence-electron chi connectivity index (χ1n) is 5.08. The normalized spacial score (nSPS) is 12.4. The van der Waals surface area contributed by atoms with Gasteiger partial charge < -0.3 is 15.6 Å². The fourth-order valence-electron chi connectivity index (χ4n) is 1.37. The molecule has 1 aromatic carbocycles. The van der Waals surface area contributed by atoms with Gasteiger partial charge in [0.2, 0.25) is 0 Å². The summed E-state index contributed by atoms with van der Waals surface area (Å²) in [6.45, 7) is 0.338. The molecule has 90 valence electrons. The topological polar surface area (TPSA) is 55.5 Å². The van der Waals surface area contributed by atoms with Gasteiger partial charge in [-0.3, -0.25) is 0 Å². The Hall–Kier alpha value is -1.04. The molecule has 1 unspecified atom stereocenters. The van der Waals surface area contributed by atoms with Gasteiger partial charge in [-0.1, -0.05) is 12.1 Å². The summed E-state index contributed by atoms with van der Waals surface area (Å²) in [7, 11) is 0. The van der Waals surface area contributed by atoms with E-state index in [1.165, 1.54) is 0 Å². The monoisotopic (exact) mass is 313 g/mol. The van der Waals surface area contributed by atoms with Crippen molar-refractivity contribution in [2.45, 2.75) is 6.04 Å².